The molecule has 0 aliphatic carbocycles. The van der Waals surface area contributed by atoms with E-state index in [0.717, 1.165) is 22.6 Å². The van der Waals surface area contributed by atoms with Crippen molar-refractivity contribution in [1.29, 1.82) is 0 Å². The molecule has 0 aliphatic heterocycles. The second-order valence-corrected chi connectivity index (χ2v) is 6.17. The van der Waals surface area contributed by atoms with Crippen LogP contribution in [0.3, 0.4) is 0 Å². The maximum atomic E-state index is 11.0. The van der Waals surface area contributed by atoms with E-state index in [1.165, 1.54) is 12.8 Å². The van der Waals surface area contributed by atoms with Crippen LogP contribution in [0.5, 0.6) is 0 Å². The largest absolute Gasteiger partial charge is 0.379 e. The molecule has 2 heterocycles. The first kappa shape index (κ1) is 12.8. The molecular formula is C14H18OS2. The Hall–Kier alpha value is -0.640. The van der Waals surface area contributed by atoms with Crippen molar-refractivity contribution in [2.75, 3.05) is 0 Å². The summed E-state index contributed by atoms with van der Waals surface area (Å²) in [4.78, 5) is 2.13. The maximum Gasteiger partial charge on any atom is 0.133 e. The van der Waals surface area contributed by atoms with Crippen LogP contribution >= 0.6 is 22.7 Å². The van der Waals surface area contributed by atoms with E-state index in [1.807, 2.05) is 35.0 Å². The Morgan fingerprint density at radius 2 is 1.65 bits per heavy atom. The lowest BCUT2D eigenvalue weighted by Crippen LogP contribution is -2.24. The Morgan fingerprint density at radius 1 is 1.06 bits per heavy atom. The summed E-state index contributed by atoms with van der Waals surface area (Å²) >= 11 is 3.29. The number of unbranched alkanes of at least 4 members (excludes halogenated alkanes) is 2. The van der Waals surface area contributed by atoms with Crippen molar-refractivity contribution in [3.05, 3.63) is 44.8 Å². The second-order valence-electron chi connectivity index (χ2n) is 4.27. The monoisotopic (exact) mass is 266 g/mol. The van der Waals surface area contributed by atoms with Crippen LogP contribution in [0.15, 0.2) is 35.0 Å². The van der Waals surface area contributed by atoms with Gasteiger partial charge in [-0.05, 0) is 35.7 Å². The number of hydrogen-bond donors (Lipinski definition) is 1. The lowest BCUT2D eigenvalue weighted by atomic mass is 9.92. The molecule has 1 N–H and O–H groups in total. The molecule has 0 bridgehead atoms. The Bertz CT molecular complexity index is 383. The van der Waals surface area contributed by atoms with E-state index in [4.69, 9.17) is 0 Å². The van der Waals surface area contributed by atoms with E-state index in [9.17, 15) is 5.11 Å². The van der Waals surface area contributed by atoms with Crippen molar-refractivity contribution in [2.45, 2.75) is 38.2 Å². The van der Waals surface area contributed by atoms with E-state index in [0.29, 0.717) is 0 Å². The molecule has 0 amide bonds. The van der Waals surface area contributed by atoms with E-state index in [-0.39, 0.29) is 0 Å². The summed E-state index contributed by atoms with van der Waals surface area (Å²) in [6.45, 7) is 2.19. The highest BCUT2D eigenvalue weighted by Crippen LogP contribution is 2.39. The van der Waals surface area contributed by atoms with Gasteiger partial charge in [-0.25, -0.2) is 0 Å². The minimum Gasteiger partial charge on any atom is -0.379 e. The zero-order valence-electron chi connectivity index (χ0n) is 10.1. The third-order valence-corrected chi connectivity index (χ3v) is 5.04. The maximum absolute atomic E-state index is 11.0. The van der Waals surface area contributed by atoms with Gasteiger partial charge < -0.3 is 5.11 Å². The zero-order chi connectivity index (χ0) is 12.1. The number of rotatable bonds is 6. The molecule has 0 radical (unpaired) electrons. The molecule has 0 aliphatic rings. The first-order valence-corrected chi connectivity index (χ1v) is 7.83. The van der Waals surface area contributed by atoms with Gasteiger partial charge in [-0.3, -0.25) is 0 Å². The quantitative estimate of drug-likeness (QED) is 0.756. The van der Waals surface area contributed by atoms with E-state index < -0.39 is 5.60 Å². The molecule has 2 aromatic rings. The molecule has 2 rings (SSSR count). The first-order chi connectivity index (χ1) is 8.27. The zero-order valence-corrected chi connectivity index (χ0v) is 11.7. The van der Waals surface area contributed by atoms with E-state index in [1.54, 1.807) is 22.7 Å². The Kier molecular flexibility index (Phi) is 4.37. The highest BCUT2D eigenvalue weighted by Gasteiger charge is 2.32. The molecule has 0 fully saturated rings. The Morgan fingerprint density at radius 3 is 2.06 bits per heavy atom. The van der Waals surface area contributed by atoms with Crippen molar-refractivity contribution in [1.82, 2.24) is 0 Å². The van der Waals surface area contributed by atoms with Crippen molar-refractivity contribution in [2.24, 2.45) is 0 Å². The summed E-state index contributed by atoms with van der Waals surface area (Å²) < 4.78 is 0. The van der Waals surface area contributed by atoms with Gasteiger partial charge in [0.25, 0.3) is 0 Å². The van der Waals surface area contributed by atoms with E-state index >= 15 is 0 Å². The molecular weight excluding hydrogens is 248 g/mol. The van der Waals surface area contributed by atoms with Gasteiger partial charge in [-0.15, -0.1) is 22.7 Å². The highest BCUT2D eigenvalue weighted by molar-refractivity contribution is 7.11. The molecule has 3 heteroatoms. The summed E-state index contributed by atoms with van der Waals surface area (Å²) in [7, 11) is 0. The van der Waals surface area contributed by atoms with Crippen LogP contribution in [-0.2, 0) is 5.60 Å². The van der Waals surface area contributed by atoms with Crippen molar-refractivity contribution < 1.29 is 5.11 Å². The van der Waals surface area contributed by atoms with Gasteiger partial charge in [0.1, 0.15) is 5.60 Å². The van der Waals surface area contributed by atoms with Crippen molar-refractivity contribution in [3.63, 3.8) is 0 Å². The molecule has 1 nitrogen and oxygen atoms in total. The molecule has 0 atom stereocenters. The molecule has 17 heavy (non-hydrogen) atoms. The molecule has 2 aromatic heterocycles. The first-order valence-electron chi connectivity index (χ1n) is 6.07. The van der Waals surface area contributed by atoms with Crippen LogP contribution in [0.2, 0.25) is 0 Å². The topological polar surface area (TPSA) is 20.2 Å². The fourth-order valence-corrected chi connectivity index (χ4v) is 3.83. The van der Waals surface area contributed by atoms with Crippen molar-refractivity contribution >= 4 is 22.7 Å². The third kappa shape index (κ3) is 2.79. The third-order valence-electron chi connectivity index (χ3n) is 3.00. The molecule has 0 aromatic carbocycles. The standard InChI is InChI=1S/C14H18OS2/c1-2-3-4-9-14(15,12-7-5-10-16-12)13-8-6-11-17-13/h5-8,10-11,15H,2-4,9H2,1H3. The van der Waals surface area contributed by atoms with E-state index in [2.05, 4.69) is 6.92 Å². The predicted molar refractivity (Wildman–Crippen MR) is 75.8 cm³/mol. The van der Waals surface area contributed by atoms with Crippen LogP contribution in [0.4, 0.5) is 0 Å². The summed E-state index contributed by atoms with van der Waals surface area (Å²) in [5.74, 6) is 0. The predicted octanol–water partition coefficient (Wildman–Crippen LogP) is 4.63. The van der Waals surface area contributed by atoms with Gasteiger partial charge in [-0.1, -0.05) is 31.9 Å². The van der Waals surface area contributed by atoms with Gasteiger partial charge in [0.2, 0.25) is 0 Å². The minimum atomic E-state index is -0.766. The van der Waals surface area contributed by atoms with Gasteiger partial charge in [0, 0.05) is 9.75 Å². The van der Waals surface area contributed by atoms with Crippen LogP contribution in [-0.4, -0.2) is 5.11 Å². The van der Waals surface area contributed by atoms with Crippen LogP contribution in [0, 0.1) is 0 Å². The summed E-state index contributed by atoms with van der Waals surface area (Å²) in [6, 6.07) is 8.10. The second kappa shape index (κ2) is 5.80. The Balaban J connectivity index is 2.23. The summed E-state index contributed by atoms with van der Waals surface area (Å²) in [5, 5.41) is 15.1. The normalized spacial score (nSPS) is 11.9. The highest BCUT2D eigenvalue weighted by atomic mass is 32.1. The smallest absolute Gasteiger partial charge is 0.133 e. The molecule has 0 spiro atoms. The minimum absolute atomic E-state index is 0.766. The lowest BCUT2D eigenvalue weighted by molar-refractivity contribution is 0.0756. The van der Waals surface area contributed by atoms with Crippen molar-refractivity contribution in [3.8, 4) is 0 Å². The summed E-state index contributed by atoms with van der Waals surface area (Å²) in [5.41, 5.74) is -0.766. The fourth-order valence-electron chi connectivity index (χ4n) is 2.03. The summed E-state index contributed by atoms with van der Waals surface area (Å²) in [6.07, 6.45) is 4.26. The fraction of sp³-hybridized carbons (Fsp3) is 0.429. The SMILES string of the molecule is CCCCCC(O)(c1cccs1)c1cccs1. The van der Waals surface area contributed by atoms with Gasteiger partial charge in [-0.2, -0.15) is 0 Å². The number of thiophene rings is 2. The van der Waals surface area contributed by atoms with Gasteiger partial charge in [0.15, 0.2) is 0 Å². The lowest BCUT2D eigenvalue weighted by Gasteiger charge is -2.26. The molecule has 0 saturated heterocycles. The average Bonchev–Trinajstić information content (AvgIpc) is 3.02. The van der Waals surface area contributed by atoms with Gasteiger partial charge in [0.05, 0.1) is 0 Å². The van der Waals surface area contributed by atoms with Crippen LogP contribution in [0.25, 0.3) is 0 Å². The van der Waals surface area contributed by atoms with Crippen LogP contribution < -0.4 is 0 Å². The molecule has 0 unspecified atom stereocenters. The van der Waals surface area contributed by atoms with Crippen LogP contribution in [0.1, 0.15) is 42.4 Å². The number of hydrogen-bond acceptors (Lipinski definition) is 3. The number of aliphatic hydroxyl groups is 1. The molecule has 92 valence electrons. The van der Waals surface area contributed by atoms with Gasteiger partial charge >= 0.3 is 0 Å². The average molecular weight is 266 g/mol. The molecule has 0 saturated carbocycles. The Labute approximate surface area is 111 Å².